The van der Waals surface area contributed by atoms with E-state index in [9.17, 15) is 4.79 Å². The standard InChI is InChI=1S/C12H16N2O2/c1-16-11-5-3-2-4-10(11)13-8-9-6-7-12(15)14-9/h2-5,9,13H,6-8H2,1H3,(H,14,15). The van der Waals surface area contributed by atoms with Gasteiger partial charge in [-0.3, -0.25) is 4.79 Å². The highest BCUT2D eigenvalue weighted by Gasteiger charge is 2.20. The predicted molar refractivity (Wildman–Crippen MR) is 62.6 cm³/mol. The van der Waals surface area contributed by atoms with Crippen LogP contribution in [-0.2, 0) is 4.79 Å². The van der Waals surface area contributed by atoms with Crippen molar-refractivity contribution in [2.45, 2.75) is 18.9 Å². The summed E-state index contributed by atoms with van der Waals surface area (Å²) >= 11 is 0. The number of hydrogen-bond donors (Lipinski definition) is 2. The van der Waals surface area contributed by atoms with E-state index >= 15 is 0 Å². The lowest BCUT2D eigenvalue weighted by molar-refractivity contribution is -0.119. The Hall–Kier alpha value is -1.71. The molecule has 1 aliphatic heterocycles. The Kier molecular flexibility index (Phi) is 3.29. The van der Waals surface area contributed by atoms with Gasteiger partial charge < -0.3 is 15.4 Å². The smallest absolute Gasteiger partial charge is 0.220 e. The molecule has 0 aromatic heterocycles. The lowest BCUT2D eigenvalue weighted by Gasteiger charge is -2.14. The van der Waals surface area contributed by atoms with Gasteiger partial charge in [-0.1, -0.05) is 12.1 Å². The molecule has 86 valence electrons. The minimum Gasteiger partial charge on any atom is -0.495 e. The third kappa shape index (κ3) is 2.45. The van der Waals surface area contributed by atoms with Crippen LogP contribution in [0, 0.1) is 0 Å². The van der Waals surface area contributed by atoms with Gasteiger partial charge in [0.15, 0.2) is 0 Å². The first-order valence-corrected chi connectivity index (χ1v) is 5.46. The molecule has 16 heavy (non-hydrogen) atoms. The first kappa shape index (κ1) is 10.8. The van der Waals surface area contributed by atoms with Crippen molar-refractivity contribution >= 4 is 11.6 Å². The fourth-order valence-electron chi connectivity index (χ4n) is 1.85. The van der Waals surface area contributed by atoms with Crippen molar-refractivity contribution in [3.05, 3.63) is 24.3 Å². The van der Waals surface area contributed by atoms with E-state index in [0.29, 0.717) is 6.42 Å². The van der Waals surface area contributed by atoms with Crippen LogP contribution >= 0.6 is 0 Å². The van der Waals surface area contributed by atoms with Crippen LogP contribution in [0.2, 0.25) is 0 Å². The van der Waals surface area contributed by atoms with Crippen LogP contribution < -0.4 is 15.4 Å². The molecule has 0 saturated carbocycles. The van der Waals surface area contributed by atoms with Crippen molar-refractivity contribution < 1.29 is 9.53 Å². The summed E-state index contributed by atoms with van der Waals surface area (Å²) in [6.45, 7) is 0.742. The van der Waals surface area contributed by atoms with Gasteiger partial charge in [-0.2, -0.15) is 0 Å². The Bertz CT molecular complexity index is 379. The molecule has 2 N–H and O–H groups in total. The molecule has 2 rings (SSSR count). The summed E-state index contributed by atoms with van der Waals surface area (Å²) in [5, 5.41) is 6.21. The zero-order chi connectivity index (χ0) is 11.4. The molecule has 4 heteroatoms. The fraction of sp³-hybridized carbons (Fsp3) is 0.417. The molecule has 1 atom stereocenters. The molecule has 1 aliphatic rings. The average molecular weight is 220 g/mol. The van der Waals surface area contributed by atoms with E-state index in [0.717, 1.165) is 24.4 Å². The number of carbonyl (C=O) groups excluding carboxylic acids is 1. The molecular formula is C12H16N2O2. The number of nitrogens with one attached hydrogen (secondary N) is 2. The molecule has 0 radical (unpaired) electrons. The van der Waals surface area contributed by atoms with Gasteiger partial charge in [0, 0.05) is 19.0 Å². The van der Waals surface area contributed by atoms with Crippen molar-refractivity contribution in [1.29, 1.82) is 0 Å². The average Bonchev–Trinajstić information content (AvgIpc) is 2.73. The van der Waals surface area contributed by atoms with E-state index in [-0.39, 0.29) is 11.9 Å². The summed E-state index contributed by atoms with van der Waals surface area (Å²) < 4.78 is 5.23. The molecule has 1 aromatic carbocycles. The lowest BCUT2D eigenvalue weighted by Crippen LogP contribution is -2.31. The maximum atomic E-state index is 11.0. The summed E-state index contributed by atoms with van der Waals surface area (Å²) in [6, 6.07) is 8.00. The third-order valence-electron chi connectivity index (χ3n) is 2.73. The number of anilines is 1. The van der Waals surface area contributed by atoms with E-state index in [4.69, 9.17) is 4.74 Å². The van der Waals surface area contributed by atoms with Gasteiger partial charge in [-0.25, -0.2) is 0 Å². The van der Waals surface area contributed by atoms with Crippen molar-refractivity contribution in [3.8, 4) is 5.75 Å². The van der Waals surface area contributed by atoms with Gasteiger partial charge in [0.05, 0.1) is 12.8 Å². The molecule has 1 saturated heterocycles. The van der Waals surface area contributed by atoms with Crippen molar-refractivity contribution in [2.24, 2.45) is 0 Å². The van der Waals surface area contributed by atoms with Gasteiger partial charge in [-0.15, -0.1) is 0 Å². The number of hydrogen-bond acceptors (Lipinski definition) is 3. The predicted octanol–water partition coefficient (Wildman–Crippen LogP) is 1.39. The van der Waals surface area contributed by atoms with E-state index in [1.54, 1.807) is 7.11 Å². The second-order valence-electron chi connectivity index (χ2n) is 3.88. The minimum absolute atomic E-state index is 0.145. The van der Waals surface area contributed by atoms with Crippen LogP contribution in [0.5, 0.6) is 5.75 Å². The molecular weight excluding hydrogens is 204 g/mol. The highest BCUT2D eigenvalue weighted by Crippen LogP contribution is 2.23. The Balaban J connectivity index is 1.91. The van der Waals surface area contributed by atoms with Crippen LogP contribution in [0.3, 0.4) is 0 Å². The monoisotopic (exact) mass is 220 g/mol. The molecule has 4 nitrogen and oxygen atoms in total. The summed E-state index contributed by atoms with van der Waals surface area (Å²) in [6.07, 6.45) is 1.54. The fourth-order valence-corrected chi connectivity index (χ4v) is 1.85. The summed E-state index contributed by atoms with van der Waals surface area (Å²) in [4.78, 5) is 11.0. The maximum absolute atomic E-state index is 11.0. The number of rotatable bonds is 4. The summed E-state index contributed by atoms with van der Waals surface area (Å²) in [7, 11) is 1.65. The first-order chi connectivity index (χ1) is 7.79. The van der Waals surface area contributed by atoms with Gasteiger partial charge in [-0.05, 0) is 18.6 Å². The van der Waals surface area contributed by atoms with Crippen LogP contribution in [-0.4, -0.2) is 25.6 Å². The molecule has 0 aliphatic carbocycles. The zero-order valence-corrected chi connectivity index (χ0v) is 9.32. The summed E-state index contributed by atoms with van der Waals surface area (Å²) in [5.74, 6) is 0.971. The molecule has 1 unspecified atom stereocenters. The Morgan fingerprint density at radius 1 is 1.50 bits per heavy atom. The number of ether oxygens (including phenoxy) is 1. The van der Waals surface area contributed by atoms with Gasteiger partial charge in [0.1, 0.15) is 5.75 Å². The zero-order valence-electron chi connectivity index (χ0n) is 9.32. The molecule has 1 aromatic rings. The Morgan fingerprint density at radius 2 is 2.31 bits per heavy atom. The van der Waals surface area contributed by atoms with E-state index in [1.807, 2.05) is 24.3 Å². The topological polar surface area (TPSA) is 50.4 Å². The Morgan fingerprint density at radius 3 is 3.00 bits per heavy atom. The molecule has 0 bridgehead atoms. The highest BCUT2D eigenvalue weighted by atomic mass is 16.5. The second kappa shape index (κ2) is 4.88. The van der Waals surface area contributed by atoms with Gasteiger partial charge >= 0.3 is 0 Å². The molecule has 1 fully saturated rings. The number of amides is 1. The van der Waals surface area contributed by atoms with Crippen LogP contribution in [0.4, 0.5) is 5.69 Å². The minimum atomic E-state index is 0.145. The Labute approximate surface area is 95.0 Å². The molecule has 0 spiro atoms. The quantitative estimate of drug-likeness (QED) is 0.806. The number of para-hydroxylation sites is 2. The largest absolute Gasteiger partial charge is 0.495 e. The highest BCUT2D eigenvalue weighted by molar-refractivity contribution is 5.78. The van der Waals surface area contributed by atoms with Crippen molar-refractivity contribution in [1.82, 2.24) is 5.32 Å². The summed E-state index contributed by atoms with van der Waals surface area (Å²) in [5.41, 5.74) is 0.964. The normalized spacial score (nSPS) is 19.3. The SMILES string of the molecule is COc1ccccc1NCC1CCC(=O)N1. The second-order valence-corrected chi connectivity index (χ2v) is 3.88. The molecule has 1 heterocycles. The van der Waals surface area contributed by atoms with Crippen molar-refractivity contribution in [2.75, 3.05) is 19.0 Å². The van der Waals surface area contributed by atoms with Crippen LogP contribution in [0.1, 0.15) is 12.8 Å². The van der Waals surface area contributed by atoms with Crippen LogP contribution in [0.25, 0.3) is 0 Å². The number of methoxy groups -OCH3 is 1. The first-order valence-electron chi connectivity index (χ1n) is 5.46. The lowest BCUT2D eigenvalue weighted by atomic mass is 10.2. The van der Waals surface area contributed by atoms with E-state index < -0.39 is 0 Å². The maximum Gasteiger partial charge on any atom is 0.220 e. The van der Waals surface area contributed by atoms with Crippen molar-refractivity contribution in [3.63, 3.8) is 0 Å². The van der Waals surface area contributed by atoms with E-state index in [2.05, 4.69) is 10.6 Å². The number of benzene rings is 1. The van der Waals surface area contributed by atoms with E-state index in [1.165, 1.54) is 0 Å². The molecule has 1 amide bonds. The number of carbonyl (C=O) groups is 1. The third-order valence-corrected chi connectivity index (χ3v) is 2.73. The van der Waals surface area contributed by atoms with Gasteiger partial charge in [0.25, 0.3) is 0 Å². The van der Waals surface area contributed by atoms with Gasteiger partial charge in [0.2, 0.25) is 5.91 Å². The van der Waals surface area contributed by atoms with Crippen LogP contribution in [0.15, 0.2) is 24.3 Å².